The number of aryl methyl sites for hydroxylation is 1. The lowest BCUT2D eigenvalue weighted by Crippen LogP contribution is -2.51. The zero-order valence-corrected chi connectivity index (χ0v) is 18.7. The van der Waals surface area contributed by atoms with Crippen LogP contribution in [0.15, 0.2) is 27.4 Å². The molecule has 0 radical (unpaired) electrons. The van der Waals surface area contributed by atoms with E-state index in [1.54, 1.807) is 11.8 Å². The third-order valence-electron chi connectivity index (χ3n) is 9.22. The minimum atomic E-state index is -0.0868. The van der Waals surface area contributed by atoms with Crippen molar-refractivity contribution in [1.29, 1.82) is 0 Å². The second-order valence-electron chi connectivity index (χ2n) is 10.7. The maximum absolute atomic E-state index is 10.6. The molecule has 3 saturated carbocycles. The third-order valence-corrected chi connectivity index (χ3v) is 9.22. The molecule has 1 aromatic heterocycles. The van der Waals surface area contributed by atoms with E-state index in [0.29, 0.717) is 30.3 Å². The van der Waals surface area contributed by atoms with Gasteiger partial charge in [0.15, 0.2) is 5.89 Å². The summed E-state index contributed by atoms with van der Waals surface area (Å²) >= 11 is 0. The molecule has 30 heavy (non-hydrogen) atoms. The zero-order chi connectivity index (χ0) is 20.9. The van der Waals surface area contributed by atoms with Crippen LogP contribution in [-0.4, -0.2) is 28.5 Å². The number of hydrogen-bond donors (Lipinski definition) is 1. The first kappa shape index (κ1) is 20.3. The van der Waals surface area contributed by atoms with Gasteiger partial charge in [0.2, 0.25) is 0 Å². The Bertz CT molecular complexity index is 858. The van der Waals surface area contributed by atoms with E-state index in [1.165, 1.54) is 38.5 Å². The number of aromatic nitrogens is 1. The molecular weight excluding hydrogens is 376 g/mol. The quantitative estimate of drug-likeness (QED) is 0.544. The highest BCUT2D eigenvalue weighted by atomic mass is 16.6. The average molecular weight is 413 g/mol. The van der Waals surface area contributed by atoms with Crippen LogP contribution in [0.25, 0.3) is 0 Å². The van der Waals surface area contributed by atoms with Crippen molar-refractivity contribution in [2.75, 3.05) is 6.61 Å². The molecule has 0 amide bonds. The van der Waals surface area contributed by atoms with Crippen molar-refractivity contribution in [3.8, 4) is 0 Å². The number of aliphatic hydroxyl groups is 1. The Balaban J connectivity index is 1.26. The maximum atomic E-state index is 10.6. The molecular formula is C25H36N2O3. The highest BCUT2D eigenvalue weighted by molar-refractivity contribution is 5.96. The lowest BCUT2D eigenvalue weighted by atomic mass is 9.47. The molecule has 0 aliphatic heterocycles. The molecule has 1 heterocycles. The summed E-state index contributed by atoms with van der Waals surface area (Å²) in [5.74, 6) is 3.80. The van der Waals surface area contributed by atoms with Gasteiger partial charge in [-0.25, -0.2) is 4.98 Å². The lowest BCUT2D eigenvalue weighted by Gasteiger charge is -2.57. The van der Waals surface area contributed by atoms with Crippen LogP contribution in [0.2, 0.25) is 0 Å². The van der Waals surface area contributed by atoms with Gasteiger partial charge >= 0.3 is 0 Å². The van der Waals surface area contributed by atoms with Gasteiger partial charge in [0.25, 0.3) is 0 Å². The minimum Gasteiger partial charge on any atom is -0.446 e. The summed E-state index contributed by atoms with van der Waals surface area (Å²) < 4.78 is 5.49. The van der Waals surface area contributed by atoms with Crippen LogP contribution >= 0.6 is 0 Å². The fourth-order valence-electron chi connectivity index (χ4n) is 7.41. The smallest absolute Gasteiger partial charge is 0.191 e. The molecule has 164 valence electrons. The SMILES string of the molecule is Cc1ncc(CCON=C2C=C3CCC4C5CCC(O)C5(C)CC[C@H]4C3(C)CC2)o1. The summed E-state index contributed by atoms with van der Waals surface area (Å²) in [6.07, 6.45) is 14.0. The van der Waals surface area contributed by atoms with E-state index in [1.807, 2.05) is 6.92 Å². The molecule has 0 saturated heterocycles. The molecule has 5 nitrogen and oxygen atoms in total. The molecule has 1 aromatic rings. The third kappa shape index (κ3) is 3.24. The van der Waals surface area contributed by atoms with Crippen LogP contribution in [-0.2, 0) is 11.3 Å². The average Bonchev–Trinajstić information content (AvgIpc) is 3.28. The molecule has 4 aliphatic rings. The number of aliphatic hydroxyl groups excluding tert-OH is 1. The first-order valence-electron chi connectivity index (χ1n) is 11.9. The van der Waals surface area contributed by atoms with Gasteiger partial charge < -0.3 is 14.4 Å². The highest BCUT2D eigenvalue weighted by Gasteiger charge is 2.58. The van der Waals surface area contributed by atoms with E-state index < -0.39 is 0 Å². The molecule has 3 fully saturated rings. The monoisotopic (exact) mass is 412 g/mol. The van der Waals surface area contributed by atoms with Gasteiger partial charge in [0.05, 0.1) is 18.0 Å². The van der Waals surface area contributed by atoms with Crippen LogP contribution in [0.3, 0.4) is 0 Å². The second kappa shape index (κ2) is 7.51. The Morgan fingerprint density at radius 3 is 2.83 bits per heavy atom. The second-order valence-corrected chi connectivity index (χ2v) is 10.7. The summed E-state index contributed by atoms with van der Waals surface area (Å²) in [6.45, 7) is 7.24. The molecule has 5 heteroatoms. The fourth-order valence-corrected chi connectivity index (χ4v) is 7.41. The van der Waals surface area contributed by atoms with E-state index in [9.17, 15) is 5.11 Å². The van der Waals surface area contributed by atoms with Crippen molar-refractivity contribution in [3.05, 3.63) is 29.5 Å². The van der Waals surface area contributed by atoms with Crippen molar-refractivity contribution < 1.29 is 14.4 Å². The number of hydrogen-bond acceptors (Lipinski definition) is 5. The predicted molar refractivity (Wildman–Crippen MR) is 116 cm³/mol. The number of nitrogens with zero attached hydrogens (tertiary/aromatic N) is 2. The van der Waals surface area contributed by atoms with Crippen molar-refractivity contribution in [3.63, 3.8) is 0 Å². The summed E-state index contributed by atoms with van der Waals surface area (Å²) in [6, 6.07) is 0. The van der Waals surface area contributed by atoms with Gasteiger partial charge in [0, 0.05) is 13.3 Å². The first-order valence-corrected chi connectivity index (χ1v) is 11.9. The lowest BCUT2D eigenvalue weighted by molar-refractivity contribution is -0.0722. The molecule has 5 rings (SSSR count). The van der Waals surface area contributed by atoms with E-state index in [4.69, 9.17) is 9.25 Å². The number of fused-ring (bicyclic) bond motifs is 5. The van der Waals surface area contributed by atoms with Gasteiger partial charge in [-0.05, 0) is 86.0 Å². The maximum Gasteiger partial charge on any atom is 0.191 e. The number of rotatable bonds is 4. The van der Waals surface area contributed by atoms with E-state index in [-0.39, 0.29) is 11.5 Å². The number of oxazole rings is 1. The van der Waals surface area contributed by atoms with E-state index in [0.717, 1.165) is 36.1 Å². The van der Waals surface area contributed by atoms with Crippen LogP contribution in [0, 0.1) is 35.5 Å². The topological polar surface area (TPSA) is 67.9 Å². The molecule has 0 spiro atoms. The zero-order valence-electron chi connectivity index (χ0n) is 18.7. The molecule has 1 N–H and O–H groups in total. The minimum absolute atomic E-state index is 0.0868. The van der Waals surface area contributed by atoms with Crippen LogP contribution < -0.4 is 0 Å². The molecule has 6 atom stereocenters. The number of oxime groups is 1. The van der Waals surface area contributed by atoms with Crippen molar-refractivity contribution in [1.82, 2.24) is 4.98 Å². The Hall–Kier alpha value is -1.62. The van der Waals surface area contributed by atoms with Crippen LogP contribution in [0.5, 0.6) is 0 Å². The number of allylic oxidation sites excluding steroid dienone is 2. The molecule has 5 unspecified atom stereocenters. The van der Waals surface area contributed by atoms with Crippen LogP contribution in [0.4, 0.5) is 0 Å². The van der Waals surface area contributed by atoms with Crippen molar-refractivity contribution >= 4 is 5.71 Å². The van der Waals surface area contributed by atoms with Crippen molar-refractivity contribution in [2.24, 2.45) is 33.7 Å². The van der Waals surface area contributed by atoms with Gasteiger partial charge in [-0.3, -0.25) is 0 Å². The summed E-state index contributed by atoms with van der Waals surface area (Å²) in [4.78, 5) is 9.73. The Morgan fingerprint density at radius 1 is 1.17 bits per heavy atom. The standard InChI is InChI=1S/C25H36N2O3/c1-16-26-15-19(30-16)10-13-29-27-18-8-11-24(2)17(14-18)4-5-20-21-6-7-23(28)25(21,3)12-9-22(20)24/h14-15,20-23,28H,4-13H2,1-3H3/t20?,21?,22-,23?,24?,25?/m1/s1. The fraction of sp³-hybridized carbons (Fsp3) is 0.760. The summed E-state index contributed by atoms with van der Waals surface area (Å²) in [5.41, 5.74) is 3.14. The molecule has 0 aromatic carbocycles. The normalized spacial score (nSPS) is 41.7. The summed E-state index contributed by atoms with van der Waals surface area (Å²) in [7, 11) is 0. The predicted octanol–water partition coefficient (Wildman–Crippen LogP) is 5.22. The van der Waals surface area contributed by atoms with Crippen LogP contribution in [0.1, 0.15) is 76.9 Å². The highest BCUT2D eigenvalue weighted by Crippen LogP contribution is 2.65. The molecule has 0 bridgehead atoms. The van der Waals surface area contributed by atoms with Gasteiger partial charge in [0.1, 0.15) is 12.4 Å². The van der Waals surface area contributed by atoms with Gasteiger partial charge in [-0.1, -0.05) is 24.6 Å². The van der Waals surface area contributed by atoms with Crippen molar-refractivity contribution in [2.45, 2.75) is 84.7 Å². The Morgan fingerprint density at radius 2 is 2.03 bits per heavy atom. The van der Waals surface area contributed by atoms with Gasteiger partial charge in [-0.15, -0.1) is 0 Å². The Kier molecular flexibility index (Phi) is 5.08. The Labute approximate surface area is 180 Å². The van der Waals surface area contributed by atoms with Gasteiger partial charge in [-0.2, -0.15) is 0 Å². The first-order chi connectivity index (χ1) is 14.4. The largest absolute Gasteiger partial charge is 0.446 e. The summed E-state index contributed by atoms with van der Waals surface area (Å²) in [5, 5.41) is 15.1. The van der Waals surface area contributed by atoms with E-state index in [2.05, 4.69) is 30.1 Å². The van der Waals surface area contributed by atoms with E-state index >= 15 is 0 Å². The molecule has 4 aliphatic carbocycles.